The lowest BCUT2D eigenvalue weighted by molar-refractivity contribution is -0.133. The fourth-order valence-corrected chi connectivity index (χ4v) is 4.22. The molecule has 0 N–H and O–H groups in total. The Labute approximate surface area is 192 Å². The van der Waals surface area contributed by atoms with Crippen molar-refractivity contribution >= 4 is 23.2 Å². The van der Waals surface area contributed by atoms with E-state index in [2.05, 4.69) is 6.58 Å². The number of thiophene rings is 1. The zero-order chi connectivity index (χ0) is 23.1. The first-order valence-electron chi connectivity index (χ1n) is 10.4. The first kappa shape index (κ1) is 23.4. The predicted octanol–water partition coefficient (Wildman–Crippen LogP) is 5.36. The molecule has 0 aliphatic carbocycles. The summed E-state index contributed by atoms with van der Waals surface area (Å²) in [4.78, 5) is 30.7. The number of carbonyl (C=O) groups is 2. The molecule has 0 unspecified atom stereocenters. The molecule has 6 heteroatoms. The summed E-state index contributed by atoms with van der Waals surface area (Å²) in [5, 5.41) is 2.00. The van der Waals surface area contributed by atoms with E-state index < -0.39 is 0 Å². The van der Waals surface area contributed by atoms with Crippen molar-refractivity contribution < 1.29 is 14.0 Å². The van der Waals surface area contributed by atoms with Crippen molar-refractivity contribution in [3.05, 3.63) is 106 Å². The van der Waals surface area contributed by atoms with Gasteiger partial charge in [0.05, 0.1) is 6.54 Å². The average molecular weight is 451 g/mol. The molecule has 2 amide bonds. The van der Waals surface area contributed by atoms with Crippen LogP contribution < -0.4 is 0 Å². The van der Waals surface area contributed by atoms with Gasteiger partial charge in [-0.15, -0.1) is 17.9 Å². The Kier molecular flexibility index (Phi) is 7.95. The van der Waals surface area contributed by atoms with Crippen molar-refractivity contribution in [3.63, 3.8) is 0 Å². The average Bonchev–Trinajstić information content (AvgIpc) is 3.18. The van der Waals surface area contributed by atoms with E-state index in [1.807, 2.05) is 37.4 Å². The van der Waals surface area contributed by atoms with E-state index in [9.17, 15) is 14.0 Å². The number of benzene rings is 2. The monoisotopic (exact) mass is 450 g/mol. The van der Waals surface area contributed by atoms with Gasteiger partial charge in [-0.25, -0.2) is 4.39 Å². The van der Waals surface area contributed by atoms with Crippen molar-refractivity contribution in [2.45, 2.75) is 26.9 Å². The van der Waals surface area contributed by atoms with Gasteiger partial charge in [-0.3, -0.25) is 9.59 Å². The Morgan fingerprint density at radius 1 is 0.969 bits per heavy atom. The molecule has 1 aromatic heterocycles. The molecule has 0 saturated carbocycles. The van der Waals surface area contributed by atoms with Gasteiger partial charge in [-0.2, -0.15) is 0 Å². The van der Waals surface area contributed by atoms with E-state index in [4.69, 9.17) is 0 Å². The number of hydrogen-bond donors (Lipinski definition) is 0. The lowest BCUT2D eigenvalue weighted by Crippen LogP contribution is -2.42. The van der Waals surface area contributed by atoms with Gasteiger partial charge in [0.2, 0.25) is 5.91 Å². The molecule has 0 aliphatic rings. The molecule has 3 aromatic rings. The maximum absolute atomic E-state index is 13.4. The van der Waals surface area contributed by atoms with Crippen LogP contribution in [0, 0.1) is 19.7 Å². The van der Waals surface area contributed by atoms with Gasteiger partial charge in [0, 0.05) is 23.5 Å². The third-order valence-corrected chi connectivity index (χ3v) is 6.21. The molecule has 32 heavy (non-hydrogen) atoms. The minimum atomic E-state index is -0.318. The molecule has 4 nitrogen and oxygen atoms in total. The van der Waals surface area contributed by atoms with Crippen LogP contribution in [-0.4, -0.2) is 34.7 Å². The number of nitrogens with zero attached hydrogens (tertiary/aromatic N) is 2. The van der Waals surface area contributed by atoms with E-state index in [0.717, 1.165) is 21.6 Å². The summed E-state index contributed by atoms with van der Waals surface area (Å²) < 4.78 is 13.3. The first-order chi connectivity index (χ1) is 15.4. The third-order valence-electron chi connectivity index (χ3n) is 5.20. The minimum absolute atomic E-state index is 0.0651. The molecule has 1 heterocycles. The normalized spacial score (nSPS) is 10.6. The van der Waals surface area contributed by atoms with E-state index in [0.29, 0.717) is 18.7 Å². The molecule has 0 bridgehead atoms. The van der Waals surface area contributed by atoms with Gasteiger partial charge in [-0.1, -0.05) is 35.9 Å². The van der Waals surface area contributed by atoms with Crippen LogP contribution in [-0.2, 0) is 17.9 Å². The number of halogens is 1. The highest BCUT2D eigenvalue weighted by atomic mass is 32.1. The van der Waals surface area contributed by atoms with Crippen molar-refractivity contribution in [1.29, 1.82) is 0 Å². The number of amides is 2. The van der Waals surface area contributed by atoms with E-state index in [1.54, 1.807) is 46.6 Å². The molecule has 0 atom stereocenters. The highest BCUT2D eigenvalue weighted by Crippen LogP contribution is 2.20. The van der Waals surface area contributed by atoms with Crippen LogP contribution in [0.2, 0.25) is 0 Å². The standard InChI is InChI=1S/C26H27FN2O2S/c1-4-14-28(26(31)22-9-5-19(2)6-10-22)18-25(30)29(17-24-20(3)13-15-32-24)16-21-7-11-23(27)12-8-21/h4-13,15H,1,14,16-18H2,2-3H3. The second-order valence-corrected chi connectivity index (χ2v) is 8.74. The highest BCUT2D eigenvalue weighted by Gasteiger charge is 2.23. The molecular formula is C26H27FN2O2S. The van der Waals surface area contributed by atoms with E-state index in [1.165, 1.54) is 17.0 Å². The van der Waals surface area contributed by atoms with Gasteiger partial charge in [-0.05, 0) is 60.7 Å². The molecule has 2 aromatic carbocycles. The van der Waals surface area contributed by atoms with Gasteiger partial charge >= 0.3 is 0 Å². The molecule has 3 rings (SSSR count). The zero-order valence-corrected chi connectivity index (χ0v) is 19.2. The maximum atomic E-state index is 13.4. The predicted molar refractivity (Wildman–Crippen MR) is 127 cm³/mol. The van der Waals surface area contributed by atoms with Gasteiger partial charge in [0.15, 0.2) is 0 Å². The van der Waals surface area contributed by atoms with Gasteiger partial charge in [0.25, 0.3) is 5.91 Å². The van der Waals surface area contributed by atoms with Crippen LogP contribution in [0.5, 0.6) is 0 Å². The van der Waals surface area contributed by atoms with Crippen LogP contribution in [0.1, 0.15) is 31.9 Å². The Hall–Kier alpha value is -3.25. The first-order valence-corrected chi connectivity index (χ1v) is 11.3. The topological polar surface area (TPSA) is 40.6 Å². The molecular weight excluding hydrogens is 423 g/mol. The second-order valence-electron chi connectivity index (χ2n) is 7.74. The summed E-state index contributed by atoms with van der Waals surface area (Å²) in [6.07, 6.45) is 1.62. The zero-order valence-electron chi connectivity index (χ0n) is 18.4. The third kappa shape index (κ3) is 6.14. The summed E-state index contributed by atoms with van der Waals surface area (Å²) in [6, 6.07) is 15.4. The number of rotatable bonds is 9. The van der Waals surface area contributed by atoms with E-state index in [-0.39, 0.29) is 30.7 Å². The molecule has 0 spiro atoms. The Morgan fingerprint density at radius 3 is 2.25 bits per heavy atom. The number of aryl methyl sites for hydroxylation is 2. The Bertz CT molecular complexity index is 1070. The smallest absolute Gasteiger partial charge is 0.254 e. The fraction of sp³-hybridized carbons (Fsp3) is 0.231. The van der Waals surface area contributed by atoms with Crippen LogP contribution in [0.4, 0.5) is 4.39 Å². The summed E-state index contributed by atoms with van der Waals surface area (Å²) in [5.41, 5.74) is 3.54. The Morgan fingerprint density at radius 2 is 1.66 bits per heavy atom. The lowest BCUT2D eigenvalue weighted by atomic mass is 10.1. The van der Waals surface area contributed by atoms with Crippen LogP contribution in [0.25, 0.3) is 0 Å². The largest absolute Gasteiger partial charge is 0.332 e. The second kappa shape index (κ2) is 10.9. The molecule has 166 valence electrons. The van der Waals surface area contributed by atoms with Gasteiger partial charge < -0.3 is 9.80 Å². The van der Waals surface area contributed by atoms with Gasteiger partial charge in [0.1, 0.15) is 12.4 Å². The van der Waals surface area contributed by atoms with Crippen LogP contribution in [0.15, 0.2) is 72.6 Å². The SMILES string of the molecule is C=CCN(CC(=O)N(Cc1ccc(F)cc1)Cc1sccc1C)C(=O)c1ccc(C)cc1. The van der Waals surface area contributed by atoms with Crippen molar-refractivity contribution in [2.24, 2.45) is 0 Å². The fourth-order valence-electron chi connectivity index (χ4n) is 3.30. The molecule has 0 saturated heterocycles. The maximum Gasteiger partial charge on any atom is 0.254 e. The summed E-state index contributed by atoms with van der Waals surface area (Å²) in [7, 11) is 0. The quantitative estimate of drug-likeness (QED) is 0.412. The van der Waals surface area contributed by atoms with Crippen molar-refractivity contribution in [1.82, 2.24) is 9.80 Å². The molecule has 0 radical (unpaired) electrons. The Balaban J connectivity index is 1.81. The molecule has 0 aliphatic heterocycles. The summed E-state index contributed by atoms with van der Waals surface area (Å²) in [5.74, 6) is -0.710. The highest BCUT2D eigenvalue weighted by molar-refractivity contribution is 7.10. The van der Waals surface area contributed by atoms with E-state index >= 15 is 0 Å². The van der Waals surface area contributed by atoms with Crippen molar-refractivity contribution in [2.75, 3.05) is 13.1 Å². The van der Waals surface area contributed by atoms with Crippen LogP contribution >= 0.6 is 11.3 Å². The number of hydrogen-bond acceptors (Lipinski definition) is 3. The minimum Gasteiger partial charge on any atom is -0.332 e. The summed E-state index contributed by atoms with van der Waals surface area (Å²) >= 11 is 1.59. The number of carbonyl (C=O) groups excluding carboxylic acids is 2. The lowest BCUT2D eigenvalue weighted by Gasteiger charge is -2.27. The summed E-state index contributed by atoms with van der Waals surface area (Å²) in [6.45, 7) is 8.67. The molecule has 0 fully saturated rings. The van der Waals surface area contributed by atoms with Crippen LogP contribution in [0.3, 0.4) is 0 Å². The van der Waals surface area contributed by atoms with Crippen molar-refractivity contribution in [3.8, 4) is 0 Å².